The van der Waals surface area contributed by atoms with Gasteiger partial charge in [0.25, 0.3) is 0 Å². The van der Waals surface area contributed by atoms with E-state index in [0.717, 1.165) is 89.9 Å². The Hall–Kier alpha value is -3.59. The minimum absolute atomic E-state index is 0.0404. The van der Waals surface area contributed by atoms with E-state index in [2.05, 4.69) is 135 Å². The lowest BCUT2D eigenvalue weighted by Gasteiger charge is -2.20. The number of rotatable bonds is 38. The highest BCUT2D eigenvalue weighted by Crippen LogP contribution is 2.43. The van der Waals surface area contributed by atoms with Crippen molar-refractivity contribution in [2.75, 3.05) is 33.4 Å². The molecule has 0 aliphatic rings. The van der Waals surface area contributed by atoms with Crippen molar-refractivity contribution in [3.63, 3.8) is 0 Å². The van der Waals surface area contributed by atoms with Crippen molar-refractivity contribution in [1.82, 2.24) is 5.32 Å². The zero-order chi connectivity index (χ0) is 42.5. The summed E-state index contributed by atoms with van der Waals surface area (Å²) in [4.78, 5) is 35.0. The Morgan fingerprint density at radius 3 is 1.40 bits per heavy atom. The van der Waals surface area contributed by atoms with Gasteiger partial charge >= 0.3 is 19.8 Å². The Bertz CT molecular complexity index is 1350. The zero-order valence-corrected chi connectivity index (χ0v) is 36.8. The molecule has 0 saturated carbocycles. The summed E-state index contributed by atoms with van der Waals surface area (Å²) in [6.45, 7) is 3.85. The smallest absolute Gasteiger partial charge is 0.462 e. The van der Waals surface area contributed by atoms with E-state index in [1.54, 1.807) is 7.05 Å². The molecular formula is C48H76NO8P. The third kappa shape index (κ3) is 42.0. The third-order valence-corrected chi connectivity index (χ3v) is 9.06. The predicted octanol–water partition coefficient (Wildman–Crippen LogP) is 12.4. The molecule has 0 aliphatic heterocycles. The van der Waals surface area contributed by atoms with Crippen LogP contribution in [0.5, 0.6) is 0 Å². The van der Waals surface area contributed by atoms with Crippen LogP contribution < -0.4 is 5.32 Å². The minimum atomic E-state index is -4.38. The fourth-order valence-electron chi connectivity index (χ4n) is 4.91. The second kappa shape index (κ2) is 43.0. The maximum atomic E-state index is 12.6. The van der Waals surface area contributed by atoms with E-state index in [9.17, 15) is 19.0 Å². The van der Waals surface area contributed by atoms with Gasteiger partial charge in [-0.3, -0.25) is 18.6 Å². The molecule has 0 spiro atoms. The standard InChI is InChI=1S/C48H76NO8P/c1-4-6-8-10-12-14-16-18-20-22-23-25-27-29-31-33-35-37-39-41-48(51)57-46(45-56-58(52,53)55-43-42-49-3)44-54-47(50)40-38-36-34-32-30-28-26-24-21-19-17-15-13-11-9-7-5-2/h6-9,12-15,18-21,23,25-26,28-29,31-32,34,46,49H,4-5,10-11,16-17,22,24,27,30,33,35-45H2,1-3H3,(H,52,53)/b8-6-,9-7-,14-12-,15-13-,20-18-,21-19-,25-23-,28-26-,31-29-,34-32-. The van der Waals surface area contributed by atoms with E-state index in [4.69, 9.17) is 18.5 Å². The summed E-state index contributed by atoms with van der Waals surface area (Å²) in [5, 5.41) is 2.81. The van der Waals surface area contributed by atoms with Crippen LogP contribution in [0.25, 0.3) is 0 Å². The van der Waals surface area contributed by atoms with Gasteiger partial charge in [-0.25, -0.2) is 4.57 Å². The molecule has 10 heteroatoms. The van der Waals surface area contributed by atoms with Crippen molar-refractivity contribution >= 4 is 19.8 Å². The first-order chi connectivity index (χ1) is 28.3. The average Bonchev–Trinajstić information content (AvgIpc) is 3.21. The lowest BCUT2D eigenvalue weighted by atomic mass is 10.1. The summed E-state index contributed by atoms with van der Waals surface area (Å²) in [5.74, 6) is -0.928. The van der Waals surface area contributed by atoms with Gasteiger partial charge in [0, 0.05) is 19.4 Å². The molecule has 0 aromatic heterocycles. The van der Waals surface area contributed by atoms with Gasteiger partial charge in [0.1, 0.15) is 6.61 Å². The van der Waals surface area contributed by atoms with Gasteiger partial charge in [0.05, 0.1) is 13.2 Å². The minimum Gasteiger partial charge on any atom is -0.462 e. The molecule has 0 amide bonds. The van der Waals surface area contributed by atoms with Crippen LogP contribution in [-0.2, 0) is 32.7 Å². The molecule has 0 heterocycles. The van der Waals surface area contributed by atoms with Crippen LogP contribution in [0.15, 0.2) is 122 Å². The number of hydrogen-bond acceptors (Lipinski definition) is 8. The van der Waals surface area contributed by atoms with Crippen molar-refractivity contribution in [3.05, 3.63) is 122 Å². The van der Waals surface area contributed by atoms with Crippen LogP contribution in [0.2, 0.25) is 0 Å². The predicted molar refractivity (Wildman–Crippen MR) is 242 cm³/mol. The summed E-state index contributed by atoms with van der Waals surface area (Å²) in [6.07, 6.45) is 56.8. The molecule has 0 bridgehead atoms. The van der Waals surface area contributed by atoms with Gasteiger partial charge in [-0.2, -0.15) is 0 Å². The number of carbonyl (C=O) groups is 2. The second-order valence-electron chi connectivity index (χ2n) is 13.4. The van der Waals surface area contributed by atoms with Crippen molar-refractivity contribution in [2.24, 2.45) is 0 Å². The van der Waals surface area contributed by atoms with E-state index in [0.29, 0.717) is 19.4 Å². The van der Waals surface area contributed by atoms with Gasteiger partial charge < -0.3 is 19.7 Å². The quantitative estimate of drug-likeness (QED) is 0.0271. The highest BCUT2D eigenvalue weighted by Gasteiger charge is 2.26. The third-order valence-electron chi connectivity index (χ3n) is 8.08. The number of allylic oxidation sites excluding steroid dienone is 20. The highest BCUT2D eigenvalue weighted by molar-refractivity contribution is 7.47. The SMILES string of the molecule is CC/C=C\C/C=C\C/C=C\C/C=C\C/C=C\CCCCCC(=O)OC(COC(=O)CCC/C=C\C/C=C\C/C=C\C/C=C\C/C=C\CC)COP(=O)(O)OCCNC. The van der Waals surface area contributed by atoms with Crippen molar-refractivity contribution in [3.8, 4) is 0 Å². The molecule has 0 radical (unpaired) electrons. The summed E-state index contributed by atoms with van der Waals surface area (Å²) < 4.78 is 33.1. The van der Waals surface area contributed by atoms with Crippen LogP contribution in [0.4, 0.5) is 0 Å². The summed E-state index contributed by atoms with van der Waals surface area (Å²) in [6, 6.07) is 0. The molecule has 9 nitrogen and oxygen atoms in total. The lowest BCUT2D eigenvalue weighted by Crippen LogP contribution is -2.29. The van der Waals surface area contributed by atoms with E-state index in [1.807, 2.05) is 6.08 Å². The van der Waals surface area contributed by atoms with Crippen LogP contribution >= 0.6 is 7.82 Å². The lowest BCUT2D eigenvalue weighted by molar-refractivity contribution is -0.161. The number of hydrogen-bond donors (Lipinski definition) is 2. The van der Waals surface area contributed by atoms with Gasteiger partial charge in [0.15, 0.2) is 6.10 Å². The number of nitrogens with one attached hydrogen (secondary N) is 1. The second-order valence-corrected chi connectivity index (χ2v) is 14.9. The molecule has 58 heavy (non-hydrogen) atoms. The first kappa shape index (κ1) is 54.4. The van der Waals surface area contributed by atoms with Gasteiger partial charge in [-0.15, -0.1) is 0 Å². The Morgan fingerprint density at radius 2 is 0.948 bits per heavy atom. The fourth-order valence-corrected chi connectivity index (χ4v) is 5.66. The van der Waals surface area contributed by atoms with Gasteiger partial charge in [0.2, 0.25) is 0 Å². The molecule has 0 aromatic carbocycles. The van der Waals surface area contributed by atoms with Crippen LogP contribution in [0.3, 0.4) is 0 Å². The molecule has 2 atom stereocenters. The number of likely N-dealkylation sites (N-methyl/N-ethyl adjacent to an activating group) is 1. The number of phosphoric ester groups is 1. The first-order valence-electron chi connectivity index (χ1n) is 21.5. The normalized spacial score (nSPS) is 14.5. The molecule has 326 valence electrons. The Kier molecular flexibility index (Phi) is 40.3. The summed E-state index contributed by atoms with van der Waals surface area (Å²) in [5.41, 5.74) is 0. The van der Waals surface area contributed by atoms with Crippen molar-refractivity contribution in [1.29, 1.82) is 0 Å². The molecule has 0 aliphatic carbocycles. The largest absolute Gasteiger partial charge is 0.472 e. The van der Waals surface area contributed by atoms with Crippen LogP contribution in [-0.4, -0.2) is 56.3 Å². The first-order valence-corrected chi connectivity index (χ1v) is 23.0. The van der Waals surface area contributed by atoms with Crippen molar-refractivity contribution in [2.45, 2.75) is 136 Å². The highest BCUT2D eigenvalue weighted by atomic mass is 31.2. The number of phosphoric acid groups is 1. The summed E-state index contributed by atoms with van der Waals surface area (Å²) in [7, 11) is -2.70. The molecule has 0 saturated heterocycles. The monoisotopic (exact) mass is 826 g/mol. The van der Waals surface area contributed by atoms with E-state index < -0.39 is 32.5 Å². The number of carbonyl (C=O) groups excluding carboxylic acids is 2. The maximum Gasteiger partial charge on any atom is 0.472 e. The molecular weight excluding hydrogens is 750 g/mol. The van der Waals surface area contributed by atoms with Crippen LogP contribution in [0, 0.1) is 0 Å². The average molecular weight is 826 g/mol. The summed E-state index contributed by atoms with van der Waals surface area (Å²) >= 11 is 0. The van der Waals surface area contributed by atoms with Crippen LogP contribution in [0.1, 0.15) is 129 Å². The Morgan fingerprint density at radius 1 is 0.534 bits per heavy atom. The number of unbranched alkanes of at least 4 members (excludes halogenated alkanes) is 4. The molecule has 0 aromatic rings. The Labute approximate surface area is 352 Å². The molecule has 2 unspecified atom stereocenters. The van der Waals surface area contributed by atoms with Gasteiger partial charge in [-0.1, -0.05) is 142 Å². The number of esters is 2. The molecule has 0 rings (SSSR count). The zero-order valence-electron chi connectivity index (χ0n) is 35.9. The topological polar surface area (TPSA) is 120 Å². The van der Waals surface area contributed by atoms with Crippen molar-refractivity contribution < 1.29 is 37.6 Å². The maximum absolute atomic E-state index is 12.6. The molecule has 0 fully saturated rings. The Balaban J connectivity index is 4.42. The van der Waals surface area contributed by atoms with E-state index in [-0.39, 0.29) is 26.1 Å². The van der Waals surface area contributed by atoms with Gasteiger partial charge in [-0.05, 0) is 103 Å². The molecule has 2 N–H and O–H groups in total. The fraction of sp³-hybridized carbons (Fsp3) is 0.542. The van der Waals surface area contributed by atoms with E-state index in [1.165, 1.54) is 0 Å². The van der Waals surface area contributed by atoms with E-state index >= 15 is 0 Å². The number of ether oxygens (including phenoxy) is 2.